The highest BCUT2D eigenvalue weighted by Crippen LogP contribution is 2.34. The summed E-state index contributed by atoms with van der Waals surface area (Å²) < 4.78 is 31.7. The number of hydrogen-bond donors (Lipinski definition) is 1. The topological polar surface area (TPSA) is 64.1 Å². The van der Waals surface area contributed by atoms with Crippen molar-refractivity contribution in [3.8, 4) is 0 Å². The van der Waals surface area contributed by atoms with Crippen molar-refractivity contribution in [2.45, 2.75) is 6.18 Å². The Balaban J connectivity index is 0.000000321. The van der Waals surface area contributed by atoms with Gasteiger partial charge in [-0.25, -0.2) is 4.79 Å². The average molecular weight is 387 g/mol. The molecule has 150 valence electrons. The van der Waals surface area contributed by atoms with Crippen molar-refractivity contribution in [2.75, 3.05) is 51.7 Å². The molecular formula is C18H24F3N3O3. The van der Waals surface area contributed by atoms with Gasteiger partial charge in [-0.3, -0.25) is 4.79 Å². The maximum absolute atomic E-state index is 12.5. The Labute approximate surface area is 156 Å². The SMILES string of the molecule is CN(C)CCN1C[C@@H]2CN(c3ccccc3)C[C@@H]2C1=O.O=C(O)C(F)(F)F. The van der Waals surface area contributed by atoms with Crippen molar-refractivity contribution >= 4 is 17.6 Å². The van der Waals surface area contributed by atoms with E-state index in [0.717, 1.165) is 32.7 Å². The lowest BCUT2D eigenvalue weighted by atomic mass is 10.0. The fourth-order valence-corrected chi connectivity index (χ4v) is 3.32. The van der Waals surface area contributed by atoms with Gasteiger partial charge < -0.3 is 19.8 Å². The number of anilines is 1. The fraction of sp³-hybridized carbons (Fsp3) is 0.556. The van der Waals surface area contributed by atoms with Crippen LogP contribution < -0.4 is 4.90 Å². The van der Waals surface area contributed by atoms with Crippen LogP contribution in [-0.2, 0) is 9.59 Å². The van der Waals surface area contributed by atoms with Gasteiger partial charge in [-0.1, -0.05) is 18.2 Å². The lowest BCUT2D eigenvalue weighted by Gasteiger charge is -2.24. The normalized spacial score (nSPS) is 21.9. The van der Waals surface area contributed by atoms with E-state index < -0.39 is 12.1 Å². The molecule has 0 aliphatic carbocycles. The van der Waals surface area contributed by atoms with Gasteiger partial charge in [0.25, 0.3) is 0 Å². The lowest BCUT2D eigenvalue weighted by Crippen LogP contribution is -2.36. The molecule has 0 aromatic heterocycles. The van der Waals surface area contributed by atoms with E-state index in [1.807, 2.05) is 6.07 Å². The van der Waals surface area contributed by atoms with Crippen LogP contribution in [0.5, 0.6) is 0 Å². The van der Waals surface area contributed by atoms with Gasteiger partial charge in [0.2, 0.25) is 5.91 Å². The minimum absolute atomic E-state index is 0.206. The zero-order chi connectivity index (χ0) is 20.2. The molecule has 0 saturated carbocycles. The average Bonchev–Trinajstić information content (AvgIpc) is 3.13. The molecule has 1 aromatic rings. The summed E-state index contributed by atoms with van der Waals surface area (Å²) in [4.78, 5) is 27.9. The predicted octanol–water partition coefficient (Wildman–Crippen LogP) is 1.78. The number of carboxylic acids is 1. The number of fused-ring (bicyclic) bond motifs is 1. The van der Waals surface area contributed by atoms with Gasteiger partial charge in [0, 0.05) is 44.3 Å². The largest absolute Gasteiger partial charge is 0.490 e. The molecule has 2 aliphatic rings. The van der Waals surface area contributed by atoms with Crippen LogP contribution in [0.15, 0.2) is 30.3 Å². The maximum Gasteiger partial charge on any atom is 0.490 e. The number of halogens is 3. The van der Waals surface area contributed by atoms with Crippen molar-refractivity contribution in [3.63, 3.8) is 0 Å². The number of nitrogens with zero attached hydrogens (tertiary/aromatic N) is 3. The summed E-state index contributed by atoms with van der Waals surface area (Å²) in [5.74, 6) is -1.69. The van der Waals surface area contributed by atoms with Gasteiger partial charge in [-0.15, -0.1) is 0 Å². The summed E-state index contributed by atoms with van der Waals surface area (Å²) in [5, 5.41) is 7.12. The molecule has 2 aliphatic heterocycles. The molecule has 0 unspecified atom stereocenters. The van der Waals surface area contributed by atoms with E-state index in [9.17, 15) is 18.0 Å². The predicted molar refractivity (Wildman–Crippen MR) is 94.5 cm³/mol. The van der Waals surface area contributed by atoms with Gasteiger partial charge in [0.15, 0.2) is 0 Å². The van der Waals surface area contributed by atoms with Crippen LogP contribution in [0.1, 0.15) is 0 Å². The quantitative estimate of drug-likeness (QED) is 0.853. The summed E-state index contributed by atoms with van der Waals surface area (Å²) in [7, 11) is 4.11. The van der Waals surface area contributed by atoms with Crippen LogP contribution in [0.2, 0.25) is 0 Å². The molecule has 1 aromatic carbocycles. The summed E-state index contributed by atoms with van der Waals surface area (Å²) in [6.07, 6.45) is -5.08. The standard InChI is InChI=1S/C16H23N3O.C2HF3O2/c1-17(2)8-9-18-10-13-11-19(12-15(13)16(18)20)14-6-4-3-5-7-14;3-2(4,5)1(6)7/h3-7,13,15H,8-12H2,1-2H3;(H,6,7)/t13-,15+;/m1./s1. The molecule has 0 bridgehead atoms. The van der Waals surface area contributed by atoms with Crippen LogP contribution in [0, 0.1) is 11.8 Å². The molecule has 2 fully saturated rings. The molecule has 2 heterocycles. The molecule has 1 N–H and O–H groups in total. The Morgan fingerprint density at radius 3 is 2.26 bits per heavy atom. The molecular weight excluding hydrogens is 363 g/mol. The molecule has 1 amide bonds. The number of carbonyl (C=O) groups excluding carboxylic acids is 1. The number of aliphatic carboxylic acids is 1. The van der Waals surface area contributed by atoms with Crippen LogP contribution in [0.4, 0.5) is 18.9 Å². The first-order valence-electron chi connectivity index (χ1n) is 8.63. The number of rotatable bonds is 4. The Hall–Kier alpha value is -2.29. The first-order chi connectivity index (χ1) is 12.6. The van der Waals surface area contributed by atoms with Crippen molar-refractivity contribution in [1.82, 2.24) is 9.80 Å². The highest BCUT2D eigenvalue weighted by atomic mass is 19.4. The van der Waals surface area contributed by atoms with E-state index in [-0.39, 0.29) is 5.92 Å². The van der Waals surface area contributed by atoms with Gasteiger partial charge >= 0.3 is 12.1 Å². The highest BCUT2D eigenvalue weighted by Gasteiger charge is 2.45. The third-order valence-electron chi connectivity index (χ3n) is 4.71. The van der Waals surface area contributed by atoms with E-state index in [0.29, 0.717) is 11.8 Å². The van der Waals surface area contributed by atoms with Crippen LogP contribution in [0.25, 0.3) is 0 Å². The molecule has 2 saturated heterocycles. The Morgan fingerprint density at radius 1 is 1.19 bits per heavy atom. The van der Waals surface area contributed by atoms with Crippen molar-refractivity contribution in [3.05, 3.63) is 30.3 Å². The van der Waals surface area contributed by atoms with Crippen LogP contribution in [-0.4, -0.2) is 79.8 Å². The number of likely N-dealkylation sites (tertiary alicyclic amines) is 1. The van der Waals surface area contributed by atoms with Gasteiger partial charge in [0.05, 0.1) is 5.92 Å². The number of para-hydroxylation sites is 1. The third-order valence-corrected chi connectivity index (χ3v) is 4.71. The summed E-state index contributed by atoms with van der Waals surface area (Å²) in [6.45, 7) is 4.64. The zero-order valence-electron chi connectivity index (χ0n) is 15.3. The molecule has 9 heteroatoms. The third kappa shape index (κ3) is 5.59. The van der Waals surface area contributed by atoms with E-state index in [2.05, 4.69) is 53.1 Å². The zero-order valence-corrected chi connectivity index (χ0v) is 15.3. The molecule has 3 rings (SSSR count). The molecule has 2 atom stereocenters. The number of amides is 1. The number of likely N-dealkylation sites (N-methyl/N-ethyl adjacent to an activating group) is 1. The molecule has 0 spiro atoms. The van der Waals surface area contributed by atoms with Gasteiger partial charge in [-0.05, 0) is 26.2 Å². The Kier molecular flexibility index (Phi) is 6.69. The maximum atomic E-state index is 12.5. The summed E-state index contributed by atoms with van der Waals surface area (Å²) in [6, 6.07) is 10.4. The second-order valence-corrected chi connectivity index (χ2v) is 7.00. The highest BCUT2D eigenvalue weighted by molar-refractivity contribution is 5.83. The minimum atomic E-state index is -5.08. The number of benzene rings is 1. The van der Waals surface area contributed by atoms with Crippen LogP contribution >= 0.6 is 0 Å². The second kappa shape index (κ2) is 8.60. The number of hydrogen-bond acceptors (Lipinski definition) is 4. The number of alkyl halides is 3. The van der Waals surface area contributed by atoms with E-state index in [1.54, 1.807) is 0 Å². The second-order valence-electron chi connectivity index (χ2n) is 7.00. The Morgan fingerprint density at radius 2 is 1.78 bits per heavy atom. The van der Waals surface area contributed by atoms with Crippen molar-refractivity contribution in [2.24, 2.45) is 11.8 Å². The number of carboxylic acid groups (broad SMARTS) is 1. The molecule has 6 nitrogen and oxygen atoms in total. The fourth-order valence-electron chi connectivity index (χ4n) is 3.32. The van der Waals surface area contributed by atoms with Crippen molar-refractivity contribution < 1.29 is 27.9 Å². The first kappa shape index (κ1) is 21.0. The van der Waals surface area contributed by atoms with E-state index in [1.165, 1.54) is 5.69 Å². The molecule has 27 heavy (non-hydrogen) atoms. The monoisotopic (exact) mass is 387 g/mol. The summed E-state index contributed by atoms with van der Waals surface area (Å²) >= 11 is 0. The van der Waals surface area contributed by atoms with Crippen molar-refractivity contribution in [1.29, 1.82) is 0 Å². The van der Waals surface area contributed by atoms with Gasteiger partial charge in [0.1, 0.15) is 0 Å². The van der Waals surface area contributed by atoms with Gasteiger partial charge in [-0.2, -0.15) is 13.2 Å². The summed E-state index contributed by atoms with van der Waals surface area (Å²) in [5.41, 5.74) is 1.24. The smallest absolute Gasteiger partial charge is 0.475 e. The van der Waals surface area contributed by atoms with Crippen LogP contribution in [0.3, 0.4) is 0 Å². The van der Waals surface area contributed by atoms with E-state index >= 15 is 0 Å². The minimum Gasteiger partial charge on any atom is -0.475 e. The molecule has 0 radical (unpaired) electrons. The Bertz CT molecular complexity index is 652. The number of carbonyl (C=O) groups is 2. The first-order valence-corrected chi connectivity index (χ1v) is 8.63. The van der Waals surface area contributed by atoms with E-state index in [4.69, 9.17) is 9.90 Å². The lowest BCUT2D eigenvalue weighted by molar-refractivity contribution is -0.192.